The Morgan fingerprint density at radius 2 is 1.85 bits per heavy atom. The largest absolute Gasteiger partial charge is 0.490 e. The average Bonchev–Trinajstić information content (AvgIpc) is 2.46. The zero-order valence-corrected chi connectivity index (χ0v) is 12.0. The highest BCUT2D eigenvalue weighted by Gasteiger charge is 2.06. The highest BCUT2D eigenvalue weighted by Crippen LogP contribution is 2.27. The van der Waals surface area contributed by atoms with Crippen molar-refractivity contribution in [3.05, 3.63) is 66.2 Å². The molecule has 0 unspecified atom stereocenters. The van der Waals surface area contributed by atoms with Gasteiger partial charge in [-0.05, 0) is 31.5 Å². The third-order valence-corrected chi connectivity index (χ3v) is 2.82. The highest BCUT2D eigenvalue weighted by atomic mass is 16.5. The molecule has 0 heterocycles. The molecule has 0 spiro atoms. The first-order valence-corrected chi connectivity index (χ1v) is 6.79. The Balaban J connectivity index is 2.10. The predicted molar refractivity (Wildman–Crippen MR) is 83.1 cm³/mol. The van der Waals surface area contributed by atoms with E-state index in [1.807, 2.05) is 62.4 Å². The van der Waals surface area contributed by atoms with E-state index >= 15 is 0 Å². The van der Waals surface area contributed by atoms with E-state index in [1.165, 1.54) is 0 Å². The Morgan fingerprint density at radius 3 is 2.50 bits per heavy atom. The summed E-state index contributed by atoms with van der Waals surface area (Å²) in [6.07, 6.45) is 1.91. The van der Waals surface area contributed by atoms with Gasteiger partial charge in [-0.2, -0.15) is 0 Å². The molecule has 2 heteroatoms. The number of ether oxygens (including phenoxy) is 2. The lowest BCUT2D eigenvalue weighted by atomic mass is 10.2. The van der Waals surface area contributed by atoms with Crippen LogP contribution in [0.2, 0.25) is 0 Å². The van der Waals surface area contributed by atoms with Crippen molar-refractivity contribution in [1.29, 1.82) is 0 Å². The van der Waals surface area contributed by atoms with Gasteiger partial charge in [0.05, 0.1) is 6.10 Å². The van der Waals surface area contributed by atoms with E-state index in [0.29, 0.717) is 6.61 Å². The molecule has 0 fully saturated rings. The molecular weight excluding hydrogens is 248 g/mol. The van der Waals surface area contributed by atoms with Crippen LogP contribution in [0.1, 0.15) is 25.0 Å². The normalized spacial score (nSPS) is 10.3. The lowest BCUT2D eigenvalue weighted by Crippen LogP contribution is -2.07. The highest BCUT2D eigenvalue weighted by molar-refractivity contribution is 5.57. The van der Waals surface area contributed by atoms with Crippen molar-refractivity contribution in [2.45, 2.75) is 26.6 Å². The molecule has 0 N–H and O–H groups in total. The summed E-state index contributed by atoms with van der Waals surface area (Å²) < 4.78 is 11.6. The molecule has 0 bridgehead atoms. The summed E-state index contributed by atoms with van der Waals surface area (Å²) >= 11 is 0. The molecule has 0 atom stereocenters. The lowest BCUT2D eigenvalue weighted by molar-refractivity contribution is 0.239. The van der Waals surface area contributed by atoms with Gasteiger partial charge in [-0.15, -0.1) is 0 Å². The molecule has 0 saturated heterocycles. The van der Waals surface area contributed by atoms with Gasteiger partial charge in [0.25, 0.3) is 0 Å². The van der Waals surface area contributed by atoms with Crippen LogP contribution in [0.4, 0.5) is 0 Å². The van der Waals surface area contributed by atoms with Gasteiger partial charge in [0.15, 0.2) is 0 Å². The van der Waals surface area contributed by atoms with E-state index in [2.05, 4.69) is 6.58 Å². The Labute approximate surface area is 120 Å². The van der Waals surface area contributed by atoms with Crippen molar-refractivity contribution in [3.8, 4) is 11.5 Å². The number of benzene rings is 2. The van der Waals surface area contributed by atoms with Gasteiger partial charge in [0.1, 0.15) is 18.1 Å². The number of rotatable bonds is 6. The molecule has 2 nitrogen and oxygen atoms in total. The standard InChI is InChI=1S/C18H20O2/c1-4-16-10-11-17(12-18(16)20-14(2)3)19-13-15-8-6-5-7-9-15/h4-12,14H,1,13H2,2-3H3. The van der Waals surface area contributed by atoms with Crippen LogP contribution in [0.25, 0.3) is 6.08 Å². The fraction of sp³-hybridized carbons (Fsp3) is 0.222. The minimum Gasteiger partial charge on any atom is -0.490 e. The van der Waals surface area contributed by atoms with Gasteiger partial charge in [-0.3, -0.25) is 0 Å². The van der Waals surface area contributed by atoms with Gasteiger partial charge in [-0.25, -0.2) is 0 Å². The number of hydrogen-bond donors (Lipinski definition) is 0. The zero-order valence-electron chi connectivity index (χ0n) is 12.0. The molecule has 2 rings (SSSR count). The molecule has 0 radical (unpaired) electrons. The fourth-order valence-electron chi connectivity index (χ4n) is 1.87. The van der Waals surface area contributed by atoms with Gasteiger partial charge in [-0.1, -0.05) is 43.0 Å². The first-order chi connectivity index (χ1) is 9.69. The van der Waals surface area contributed by atoms with Crippen LogP contribution in [0.3, 0.4) is 0 Å². The lowest BCUT2D eigenvalue weighted by Gasteiger charge is -2.14. The SMILES string of the molecule is C=Cc1ccc(OCc2ccccc2)cc1OC(C)C. The molecular formula is C18H20O2. The third-order valence-electron chi connectivity index (χ3n) is 2.82. The Bertz CT molecular complexity index is 559. The molecule has 104 valence electrons. The molecule has 2 aromatic rings. The van der Waals surface area contributed by atoms with Gasteiger partial charge in [0.2, 0.25) is 0 Å². The maximum Gasteiger partial charge on any atom is 0.130 e. The van der Waals surface area contributed by atoms with E-state index in [4.69, 9.17) is 9.47 Å². The molecule has 0 aliphatic rings. The van der Waals surface area contributed by atoms with Crippen molar-refractivity contribution in [1.82, 2.24) is 0 Å². The van der Waals surface area contributed by atoms with Gasteiger partial charge < -0.3 is 9.47 Å². The van der Waals surface area contributed by atoms with Crippen LogP contribution >= 0.6 is 0 Å². The first kappa shape index (κ1) is 14.2. The van der Waals surface area contributed by atoms with Crippen LogP contribution in [0.5, 0.6) is 11.5 Å². The van der Waals surface area contributed by atoms with E-state index < -0.39 is 0 Å². The number of hydrogen-bond acceptors (Lipinski definition) is 2. The van der Waals surface area contributed by atoms with E-state index in [-0.39, 0.29) is 6.10 Å². The average molecular weight is 268 g/mol. The first-order valence-electron chi connectivity index (χ1n) is 6.79. The maximum atomic E-state index is 5.80. The topological polar surface area (TPSA) is 18.5 Å². The van der Waals surface area contributed by atoms with Crippen LogP contribution in [0, 0.1) is 0 Å². The fourth-order valence-corrected chi connectivity index (χ4v) is 1.87. The van der Waals surface area contributed by atoms with E-state index in [0.717, 1.165) is 22.6 Å². The second-order valence-electron chi connectivity index (χ2n) is 4.84. The van der Waals surface area contributed by atoms with E-state index in [9.17, 15) is 0 Å². The minimum absolute atomic E-state index is 0.123. The molecule has 0 aliphatic heterocycles. The maximum absolute atomic E-state index is 5.80. The predicted octanol–water partition coefficient (Wildman–Crippen LogP) is 4.70. The zero-order chi connectivity index (χ0) is 14.4. The molecule has 20 heavy (non-hydrogen) atoms. The van der Waals surface area contributed by atoms with Crippen LogP contribution in [-0.2, 0) is 6.61 Å². The summed E-state index contributed by atoms with van der Waals surface area (Å²) in [6, 6.07) is 15.9. The molecule has 0 aromatic heterocycles. The second kappa shape index (κ2) is 6.80. The van der Waals surface area contributed by atoms with Gasteiger partial charge >= 0.3 is 0 Å². The van der Waals surface area contributed by atoms with Crippen LogP contribution in [0.15, 0.2) is 55.1 Å². The van der Waals surface area contributed by atoms with Crippen molar-refractivity contribution in [2.24, 2.45) is 0 Å². The smallest absolute Gasteiger partial charge is 0.130 e. The summed E-state index contributed by atoms with van der Waals surface area (Å²) in [5, 5.41) is 0. The molecule has 0 saturated carbocycles. The Hall–Kier alpha value is -2.22. The summed E-state index contributed by atoms with van der Waals surface area (Å²) in [7, 11) is 0. The Kier molecular flexibility index (Phi) is 4.83. The summed E-state index contributed by atoms with van der Waals surface area (Å²) in [6.45, 7) is 8.36. The van der Waals surface area contributed by atoms with Crippen LogP contribution in [-0.4, -0.2) is 6.10 Å². The van der Waals surface area contributed by atoms with Crippen molar-refractivity contribution >= 4 is 6.08 Å². The summed E-state index contributed by atoms with van der Waals surface area (Å²) in [5.41, 5.74) is 2.12. The summed E-state index contributed by atoms with van der Waals surface area (Å²) in [5.74, 6) is 1.61. The van der Waals surface area contributed by atoms with Crippen molar-refractivity contribution in [2.75, 3.05) is 0 Å². The molecule has 0 aliphatic carbocycles. The molecule has 2 aromatic carbocycles. The van der Waals surface area contributed by atoms with Crippen molar-refractivity contribution in [3.63, 3.8) is 0 Å². The third kappa shape index (κ3) is 3.89. The van der Waals surface area contributed by atoms with Crippen molar-refractivity contribution < 1.29 is 9.47 Å². The second-order valence-corrected chi connectivity index (χ2v) is 4.84. The van der Waals surface area contributed by atoms with E-state index in [1.54, 1.807) is 6.08 Å². The molecule has 0 amide bonds. The Morgan fingerprint density at radius 1 is 1.10 bits per heavy atom. The van der Waals surface area contributed by atoms with Gasteiger partial charge in [0, 0.05) is 11.6 Å². The van der Waals surface area contributed by atoms with Crippen LogP contribution < -0.4 is 9.47 Å². The minimum atomic E-state index is 0.123. The quantitative estimate of drug-likeness (QED) is 0.756. The summed E-state index contributed by atoms with van der Waals surface area (Å²) in [4.78, 5) is 0. The monoisotopic (exact) mass is 268 g/mol.